The molecule has 200 valence electrons. The lowest BCUT2D eigenvalue weighted by molar-refractivity contribution is 0.148. The molecule has 1 aliphatic rings. The third-order valence-corrected chi connectivity index (χ3v) is 6.75. The number of benzene rings is 1. The van der Waals surface area contributed by atoms with E-state index in [-0.39, 0.29) is 24.1 Å². The van der Waals surface area contributed by atoms with E-state index in [2.05, 4.69) is 73.3 Å². The molecule has 0 aliphatic carbocycles. The van der Waals surface area contributed by atoms with E-state index in [0.29, 0.717) is 17.8 Å². The van der Waals surface area contributed by atoms with Crippen LogP contribution in [0.1, 0.15) is 30.9 Å². The summed E-state index contributed by atoms with van der Waals surface area (Å²) in [7, 11) is 2.17. The summed E-state index contributed by atoms with van der Waals surface area (Å²) in [6, 6.07) is 12.5. The smallest absolute Gasteiger partial charge is 0.328 e. The molecule has 5 rings (SSSR count). The Balaban J connectivity index is 1.23. The molecule has 4 aromatic rings. The fourth-order valence-corrected chi connectivity index (χ4v) is 4.43. The predicted octanol–water partition coefficient (Wildman–Crippen LogP) is 2.82. The number of H-pyrrole nitrogens is 1. The molecule has 1 fully saturated rings. The Bertz CT molecular complexity index is 1410. The molecule has 1 aromatic carbocycles. The highest BCUT2D eigenvalue weighted by molar-refractivity contribution is 5.82. The zero-order valence-corrected chi connectivity index (χ0v) is 22.0. The zero-order chi connectivity index (χ0) is 26.5. The molecule has 4 heterocycles. The van der Waals surface area contributed by atoms with Crippen molar-refractivity contribution in [1.29, 1.82) is 0 Å². The van der Waals surface area contributed by atoms with Crippen LogP contribution >= 0.6 is 0 Å². The second-order valence-electron chi connectivity index (χ2n) is 9.76. The summed E-state index contributed by atoms with van der Waals surface area (Å²) in [6.07, 6.45) is 3.62. The van der Waals surface area contributed by atoms with Crippen LogP contribution in [0, 0.1) is 0 Å². The van der Waals surface area contributed by atoms with Gasteiger partial charge in [0.15, 0.2) is 11.5 Å². The van der Waals surface area contributed by atoms with Gasteiger partial charge in [-0.1, -0.05) is 31.5 Å². The number of aromatic amines is 1. The molecule has 4 N–H and O–H groups in total. The van der Waals surface area contributed by atoms with E-state index in [0.717, 1.165) is 62.6 Å². The zero-order valence-electron chi connectivity index (χ0n) is 22.0. The third-order valence-electron chi connectivity index (χ3n) is 6.75. The van der Waals surface area contributed by atoms with Crippen molar-refractivity contribution in [3.05, 3.63) is 64.2 Å². The van der Waals surface area contributed by atoms with E-state index >= 15 is 0 Å². The average molecular weight is 518 g/mol. The molecule has 0 saturated carbocycles. The number of aromatic nitrogens is 5. The first-order valence-electron chi connectivity index (χ1n) is 13.1. The highest BCUT2D eigenvalue weighted by Gasteiger charge is 2.16. The topological polar surface area (TPSA) is 130 Å². The number of nitrogens with one attached hydrogen (secondary N) is 2. The quantitative estimate of drug-likeness (QED) is 0.272. The summed E-state index contributed by atoms with van der Waals surface area (Å²) in [5, 5.41) is 3.35. The van der Waals surface area contributed by atoms with Gasteiger partial charge in [0.05, 0.1) is 13.2 Å². The largest absolute Gasteiger partial charge is 0.463 e. The lowest BCUT2D eigenvalue weighted by Crippen LogP contribution is -2.43. The number of hydrogen-bond acceptors (Lipinski definition) is 9. The summed E-state index contributed by atoms with van der Waals surface area (Å²) < 4.78 is 7.13. The fraction of sp³-hybridized carbons (Fsp3) is 0.407. The van der Waals surface area contributed by atoms with Gasteiger partial charge in [-0.15, -0.1) is 0 Å². The Morgan fingerprint density at radius 1 is 1.03 bits per heavy atom. The molecule has 0 atom stereocenters. The minimum absolute atomic E-state index is 0.170. The van der Waals surface area contributed by atoms with E-state index in [9.17, 15) is 4.79 Å². The van der Waals surface area contributed by atoms with Crippen LogP contribution in [0.25, 0.3) is 11.2 Å². The third kappa shape index (κ3) is 6.12. The van der Waals surface area contributed by atoms with Gasteiger partial charge in [-0.3, -0.25) is 9.47 Å². The molecule has 0 amide bonds. The monoisotopic (exact) mass is 517 g/mol. The lowest BCUT2D eigenvalue weighted by Gasteiger charge is -2.32. The Morgan fingerprint density at radius 2 is 1.79 bits per heavy atom. The number of nitrogens with zero attached hydrogens (tertiary/aromatic N) is 6. The number of pyridine rings is 1. The van der Waals surface area contributed by atoms with Gasteiger partial charge in [0.1, 0.15) is 11.3 Å². The molecular formula is C27H35N9O2. The molecule has 11 heteroatoms. The van der Waals surface area contributed by atoms with E-state index in [1.54, 1.807) is 6.20 Å². The van der Waals surface area contributed by atoms with Crippen LogP contribution in [-0.4, -0.2) is 74.1 Å². The normalized spacial score (nSPS) is 14.7. The summed E-state index contributed by atoms with van der Waals surface area (Å²) in [5.41, 5.74) is 9.68. The minimum atomic E-state index is -0.314. The Kier molecular flexibility index (Phi) is 7.85. The fourth-order valence-electron chi connectivity index (χ4n) is 4.43. The van der Waals surface area contributed by atoms with Gasteiger partial charge < -0.3 is 25.7 Å². The second kappa shape index (κ2) is 11.6. The number of anilines is 3. The maximum Gasteiger partial charge on any atom is 0.328 e. The molecule has 0 unspecified atom stereocenters. The number of nitrogen functional groups attached to an aromatic ring is 1. The SMILES string of the molecule is CCCCOc1nc(N)c2[nH]c(=O)n(Cc3ccc(Nc4ccc(CN5CCN(C)CC5)cc4)nc3)c2n1. The van der Waals surface area contributed by atoms with E-state index in [1.807, 2.05) is 12.1 Å². The molecule has 11 nitrogen and oxygen atoms in total. The molecular weight excluding hydrogens is 482 g/mol. The maximum atomic E-state index is 12.6. The highest BCUT2D eigenvalue weighted by Crippen LogP contribution is 2.20. The number of piperazine rings is 1. The van der Waals surface area contributed by atoms with Crippen molar-refractivity contribution in [2.75, 3.05) is 50.9 Å². The number of ether oxygens (including phenoxy) is 1. The molecule has 1 aliphatic heterocycles. The predicted molar refractivity (Wildman–Crippen MR) is 149 cm³/mol. The number of imidazole rings is 1. The van der Waals surface area contributed by atoms with E-state index in [1.165, 1.54) is 10.1 Å². The van der Waals surface area contributed by atoms with Crippen molar-refractivity contribution in [3.63, 3.8) is 0 Å². The first-order valence-corrected chi connectivity index (χ1v) is 13.1. The minimum Gasteiger partial charge on any atom is -0.463 e. The van der Waals surface area contributed by atoms with Crippen molar-refractivity contribution in [2.24, 2.45) is 0 Å². The van der Waals surface area contributed by atoms with Crippen molar-refractivity contribution in [2.45, 2.75) is 32.9 Å². The van der Waals surface area contributed by atoms with Gasteiger partial charge in [-0.25, -0.2) is 9.78 Å². The highest BCUT2D eigenvalue weighted by atomic mass is 16.5. The van der Waals surface area contributed by atoms with Crippen molar-refractivity contribution < 1.29 is 4.74 Å². The summed E-state index contributed by atoms with van der Waals surface area (Å²) >= 11 is 0. The van der Waals surface area contributed by atoms with Crippen LogP contribution < -0.4 is 21.5 Å². The van der Waals surface area contributed by atoms with Gasteiger partial charge in [-0.2, -0.15) is 9.97 Å². The number of unbranched alkanes of at least 4 members (excludes halogenated alkanes) is 1. The number of fused-ring (bicyclic) bond motifs is 1. The van der Waals surface area contributed by atoms with Crippen LogP contribution in [0.15, 0.2) is 47.4 Å². The molecule has 0 bridgehead atoms. The number of rotatable bonds is 10. The standard InChI is InChI=1S/C27H35N9O2/c1-3-4-15-38-26-32-24(28)23-25(33-26)36(27(37)31-23)18-20-7-10-22(29-16-20)30-21-8-5-19(6-9-21)17-35-13-11-34(2)12-14-35/h5-10,16H,3-4,11-15,17-18H2,1-2H3,(H,29,30)(H,31,37)(H2,28,32,33). The Labute approximate surface area is 221 Å². The van der Waals surface area contributed by atoms with Crippen LogP contribution in [0.2, 0.25) is 0 Å². The lowest BCUT2D eigenvalue weighted by atomic mass is 10.1. The van der Waals surface area contributed by atoms with Crippen molar-refractivity contribution in [3.8, 4) is 6.01 Å². The summed E-state index contributed by atoms with van der Waals surface area (Å²) in [5.74, 6) is 0.912. The number of nitrogens with two attached hydrogens (primary N) is 1. The summed E-state index contributed by atoms with van der Waals surface area (Å²) in [4.78, 5) is 33.4. The number of likely N-dealkylation sites (N-methyl/N-ethyl adjacent to an activating group) is 1. The van der Waals surface area contributed by atoms with Gasteiger partial charge in [0, 0.05) is 44.6 Å². The van der Waals surface area contributed by atoms with Gasteiger partial charge in [0.2, 0.25) is 0 Å². The molecule has 38 heavy (non-hydrogen) atoms. The van der Waals surface area contributed by atoms with Crippen molar-refractivity contribution >= 4 is 28.5 Å². The average Bonchev–Trinajstić information content (AvgIpc) is 3.23. The maximum absolute atomic E-state index is 12.6. The van der Waals surface area contributed by atoms with Crippen molar-refractivity contribution in [1.82, 2.24) is 34.3 Å². The first kappa shape index (κ1) is 25.7. The van der Waals surface area contributed by atoms with Gasteiger partial charge in [-0.05, 0) is 42.8 Å². The number of hydrogen-bond donors (Lipinski definition) is 3. The van der Waals surface area contributed by atoms with Crippen LogP contribution in [0.5, 0.6) is 6.01 Å². The Morgan fingerprint density at radius 3 is 2.50 bits per heavy atom. The van der Waals surface area contributed by atoms with Gasteiger partial charge >= 0.3 is 11.7 Å². The van der Waals surface area contributed by atoms with Crippen LogP contribution in [0.4, 0.5) is 17.3 Å². The summed E-state index contributed by atoms with van der Waals surface area (Å²) in [6.45, 7) is 8.27. The molecule has 1 saturated heterocycles. The van der Waals surface area contributed by atoms with Gasteiger partial charge in [0.25, 0.3) is 0 Å². The molecule has 0 radical (unpaired) electrons. The second-order valence-corrected chi connectivity index (χ2v) is 9.76. The Hall–Kier alpha value is -3.96. The van der Waals surface area contributed by atoms with Crippen LogP contribution in [0.3, 0.4) is 0 Å². The first-order chi connectivity index (χ1) is 18.5. The van der Waals surface area contributed by atoms with E-state index < -0.39 is 0 Å². The molecule has 3 aromatic heterocycles. The van der Waals surface area contributed by atoms with Crippen LogP contribution in [-0.2, 0) is 13.1 Å². The van der Waals surface area contributed by atoms with E-state index in [4.69, 9.17) is 10.5 Å². The molecule has 0 spiro atoms.